The summed E-state index contributed by atoms with van der Waals surface area (Å²) in [7, 11) is -11.5. The molecular weight excluding hydrogens is 791 g/mol. The molecule has 0 aliphatic rings. The summed E-state index contributed by atoms with van der Waals surface area (Å²) in [6.45, 7) is 6.95. The standard InChI is InChI=1S/C18H30O3S.2C12H26O3S.2Na/c1-2-3-4-5-6-7-8-9-10-14-17-21-22(19,20)18-15-12-11-13-16-18;2*1-2-3-4-5-6-7-8-9-10-11-12-16(13,14)15;;/h11-13,15-16H,2-10,14,17H2,1H3;2*2-12H2,1H3,(H,13,14,15);;/q;;;2*+1/p-2. The maximum Gasteiger partial charge on any atom is 1.00 e. The third-order valence-electron chi connectivity index (χ3n) is 9.26. The Balaban J connectivity index is -0.000000363. The number of benzene rings is 1. The Kier molecular flexibility index (Phi) is 51.6. The molecule has 0 atom stereocenters. The summed E-state index contributed by atoms with van der Waals surface area (Å²) in [5.74, 6) is -0.382. The van der Waals surface area contributed by atoms with Crippen molar-refractivity contribution in [1.82, 2.24) is 0 Å². The van der Waals surface area contributed by atoms with Crippen LogP contribution in [-0.4, -0.2) is 52.5 Å². The first kappa shape index (κ1) is 63.6. The Hall–Kier alpha value is 0.950. The van der Waals surface area contributed by atoms with Crippen LogP contribution >= 0.6 is 0 Å². The van der Waals surface area contributed by atoms with E-state index >= 15 is 0 Å². The topological polar surface area (TPSA) is 158 Å². The normalized spacial score (nSPS) is 11.4. The fraction of sp³-hybridized carbons (Fsp3) is 0.857. The maximum atomic E-state index is 11.9. The second-order valence-electron chi connectivity index (χ2n) is 14.7. The van der Waals surface area contributed by atoms with E-state index in [4.69, 9.17) is 4.18 Å². The Bertz CT molecular complexity index is 1200. The van der Waals surface area contributed by atoms with Crippen LogP contribution in [0.15, 0.2) is 35.2 Å². The molecule has 0 amide bonds. The zero-order valence-electron chi connectivity index (χ0n) is 36.6. The van der Waals surface area contributed by atoms with Crippen molar-refractivity contribution in [3.63, 3.8) is 0 Å². The molecule has 0 aliphatic carbocycles. The third-order valence-corrected chi connectivity index (χ3v) is 12.2. The van der Waals surface area contributed by atoms with Gasteiger partial charge in [-0.25, -0.2) is 16.8 Å². The van der Waals surface area contributed by atoms with Crippen LogP contribution in [0.1, 0.15) is 213 Å². The van der Waals surface area contributed by atoms with Crippen molar-refractivity contribution in [2.45, 2.75) is 218 Å². The van der Waals surface area contributed by atoms with E-state index in [0.29, 0.717) is 12.8 Å². The quantitative estimate of drug-likeness (QED) is 0.0334. The Morgan fingerprint density at radius 2 is 0.643 bits per heavy atom. The SMILES string of the molecule is CCCCCCCCCCCCOS(=O)(=O)c1ccccc1.CCCCCCCCCCCCS(=O)(=O)[O-].CCCCCCCCCCCCS(=O)(=O)[O-].[Na+].[Na+]. The first-order valence-electron chi connectivity index (χ1n) is 21.6. The molecule has 0 heterocycles. The van der Waals surface area contributed by atoms with E-state index in [0.717, 1.165) is 38.5 Å². The molecule has 1 aromatic carbocycles. The fourth-order valence-electron chi connectivity index (χ4n) is 5.95. The van der Waals surface area contributed by atoms with Gasteiger partial charge in [-0.05, 0) is 31.4 Å². The molecule has 0 saturated carbocycles. The third kappa shape index (κ3) is 53.0. The van der Waals surface area contributed by atoms with Gasteiger partial charge in [0.2, 0.25) is 0 Å². The molecule has 56 heavy (non-hydrogen) atoms. The van der Waals surface area contributed by atoms with Crippen molar-refractivity contribution in [3.05, 3.63) is 30.3 Å². The molecule has 0 fully saturated rings. The monoisotopic (exact) mass is 870 g/mol. The smallest absolute Gasteiger partial charge is 0.748 e. The molecular formula is C42H80Na2O9S3. The minimum atomic E-state index is -3.98. The molecule has 0 saturated heterocycles. The number of hydrogen-bond donors (Lipinski definition) is 0. The second-order valence-corrected chi connectivity index (χ2v) is 19.3. The summed E-state index contributed by atoms with van der Waals surface area (Å²) >= 11 is 0. The minimum Gasteiger partial charge on any atom is -0.748 e. The fourth-order valence-corrected chi connectivity index (χ4v) is 8.03. The zero-order valence-corrected chi connectivity index (χ0v) is 43.1. The molecule has 0 N–H and O–H groups in total. The molecule has 1 aromatic rings. The molecule has 0 radical (unpaired) electrons. The van der Waals surface area contributed by atoms with Gasteiger partial charge in [0.25, 0.3) is 10.1 Å². The van der Waals surface area contributed by atoms with E-state index in [-0.39, 0.29) is 82.1 Å². The van der Waals surface area contributed by atoms with Gasteiger partial charge >= 0.3 is 59.1 Å². The summed E-state index contributed by atoms with van der Waals surface area (Å²) in [5, 5.41) is 0. The van der Waals surface area contributed by atoms with Crippen LogP contribution in [0.5, 0.6) is 0 Å². The predicted molar refractivity (Wildman–Crippen MR) is 224 cm³/mol. The molecule has 0 spiro atoms. The average Bonchev–Trinajstić information content (AvgIpc) is 3.12. The van der Waals surface area contributed by atoms with Gasteiger partial charge in [0.05, 0.1) is 31.7 Å². The van der Waals surface area contributed by atoms with Gasteiger partial charge in [-0.2, -0.15) is 8.42 Å². The second kappa shape index (κ2) is 45.5. The number of unbranched alkanes of at least 4 members (excludes halogenated alkanes) is 27. The summed E-state index contributed by atoms with van der Waals surface area (Å²) < 4.78 is 90.7. The van der Waals surface area contributed by atoms with Crippen molar-refractivity contribution in [3.8, 4) is 0 Å². The van der Waals surface area contributed by atoms with Crippen molar-refractivity contribution < 1.29 is 97.7 Å². The van der Waals surface area contributed by atoms with E-state index in [9.17, 15) is 34.4 Å². The molecule has 0 bridgehead atoms. The Morgan fingerprint density at radius 3 is 0.911 bits per heavy atom. The molecule has 0 aromatic heterocycles. The van der Waals surface area contributed by atoms with E-state index in [1.54, 1.807) is 30.3 Å². The van der Waals surface area contributed by atoms with E-state index in [2.05, 4.69) is 20.8 Å². The van der Waals surface area contributed by atoms with Gasteiger partial charge in [0.1, 0.15) is 0 Å². The largest absolute Gasteiger partial charge is 1.00 e. The van der Waals surface area contributed by atoms with Crippen LogP contribution in [0.2, 0.25) is 0 Å². The van der Waals surface area contributed by atoms with Crippen molar-refractivity contribution >= 4 is 30.4 Å². The van der Waals surface area contributed by atoms with Crippen LogP contribution in [0.25, 0.3) is 0 Å². The Labute approximate surface area is 391 Å². The number of hydrogen-bond acceptors (Lipinski definition) is 9. The van der Waals surface area contributed by atoms with E-state index in [1.807, 2.05) is 0 Å². The van der Waals surface area contributed by atoms with E-state index in [1.165, 1.54) is 141 Å². The summed E-state index contributed by atoms with van der Waals surface area (Å²) in [4.78, 5) is 0.238. The average molecular weight is 871 g/mol. The molecule has 0 aliphatic heterocycles. The maximum absolute atomic E-state index is 11.9. The van der Waals surface area contributed by atoms with E-state index < -0.39 is 30.4 Å². The van der Waals surface area contributed by atoms with Gasteiger partial charge in [0, 0.05) is 11.5 Å². The summed E-state index contributed by atoms with van der Waals surface area (Å²) in [6, 6.07) is 8.33. The molecule has 322 valence electrons. The predicted octanol–water partition coefficient (Wildman–Crippen LogP) is 6.23. The molecule has 0 unspecified atom stereocenters. The van der Waals surface area contributed by atoms with Gasteiger partial charge in [-0.15, -0.1) is 0 Å². The van der Waals surface area contributed by atoms with Crippen LogP contribution in [-0.2, 0) is 34.5 Å². The van der Waals surface area contributed by atoms with Crippen molar-refractivity contribution in [2.75, 3.05) is 18.1 Å². The van der Waals surface area contributed by atoms with Crippen molar-refractivity contribution in [2.24, 2.45) is 0 Å². The van der Waals surface area contributed by atoms with Gasteiger partial charge in [0.15, 0.2) is 0 Å². The molecule has 1 rings (SSSR count). The number of rotatable bonds is 35. The van der Waals surface area contributed by atoms with Crippen LogP contribution < -0.4 is 59.1 Å². The minimum absolute atomic E-state index is 0. The zero-order chi connectivity index (χ0) is 40.7. The summed E-state index contributed by atoms with van der Waals surface area (Å²) in [6.07, 6.45) is 35.2. The van der Waals surface area contributed by atoms with Crippen LogP contribution in [0, 0.1) is 0 Å². The summed E-state index contributed by atoms with van der Waals surface area (Å²) in [5.41, 5.74) is 0. The van der Waals surface area contributed by atoms with Crippen molar-refractivity contribution in [1.29, 1.82) is 0 Å². The Morgan fingerprint density at radius 1 is 0.393 bits per heavy atom. The van der Waals surface area contributed by atoms with Gasteiger partial charge in [-0.1, -0.05) is 212 Å². The van der Waals surface area contributed by atoms with Crippen LogP contribution in [0.4, 0.5) is 0 Å². The first-order valence-corrected chi connectivity index (χ1v) is 26.2. The first-order chi connectivity index (χ1) is 25.8. The van der Waals surface area contributed by atoms with Gasteiger partial charge in [-0.3, -0.25) is 4.18 Å². The molecule has 9 nitrogen and oxygen atoms in total. The molecule has 14 heteroatoms. The van der Waals surface area contributed by atoms with Crippen LogP contribution in [0.3, 0.4) is 0 Å². The van der Waals surface area contributed by atoms with Gasteiger partial charge < -0.3 is 9.11 Å².